The Morgan fingerprint density at radius 1 is 1.06 bits per heavy atom. The molecule has 4 aliphatic carbocycles. The second-order valence-corrected chi connectivity index (χ2v) is 6.71. The fourth-order valence-electron chi connectivity index (χ4n) is 4.87. The summed E-state index contributed by atoms with van der Waals surface area (Å²) in [6.45, 7) is 4.26. The maximum atomic E-state index is 5.72. The van der Waals surface area contributed by atoms with Crippen molar-refractivity contribution in [1.29, 1.82) is 0 Å². The number of amidine groups is 1. The lowest BCUT2D eigenvalue weighted by atomic mass is 9.51. The van der Waals surface area contributed by atoms with E-state index in [0.29, 0.717) is 12.0 Å². The molecular formula is C14H25N3. The quantitative estimate of drug-likeness (QED) is 0.334. The van der Waals surface area contributed by atoms with Gasteiger partial charge in [0.15, 0.2) is 0 Å². The summed E-state index contributed by atoms with van der Waals surface area (Å²) < 4.78 is 0. The molecule has 0 aromatic carbocycles. The molecule has 4 rings (SSSR count). The predicted octanol–water partition coefficient (Wildman–Crippen LogP) is 2.33. The van der Waals surface area contributed by atoms with Crippen molar-refractivity contribution in [2.75, 3.05) is 0 Å². The number of nitrogens with zero attached hydrogens (tertiary/aromatic N) is 1. The van der Waals surface area contributed by atoms with E-state index in [2.05, 4.69) is 19.3 Å². The van der Waals surface area contributed by atoms with Gasteiger partial charge in [-0.05, 0) is 69.6 Å². The molecule has 3 N–H and O–H groups in total. The van der Waals surface area contributed by atoms with Gasteiger partial charge < -0.3 is 5.43 Å². The molecule has 0 atom stereocenters. The molecule has 0 heterocycles. The zero-order chi connectivity index (χ0) is 12.0. The summed E-state index contributed by atoms with van der Waals surface area (Å²) in [6, 6.07) is 0.346. The molecule has 3 heteroatoms. The number of rotatable bonds is 2. The van der Waals surface area contributed by atoms with Crippen molar-refractivity contribution in [3.8, 4) is 0 Å². The van der Waals surface area contributed by atoms with Crippen LogP contribution in [0.2, 0.25) is 0 Å². The average Bonchev–Trinajstić information content (AvgIpc) is 2.25. The summed E-state index contributed by atoms with van der Waals surface area (Å²) >= 11 is 0. The first-order valence-electron chi connectivity index (χ1n) is 7.21. The number of nitrogens with two attached hydrogens (primary N) is 1. The number of aliphatic imine (C=N–C) groups is 1. The Morgan fingerprint density at radius 3 is 2.00 bits per heavy atom. The molecular weight excluding hydrogens is 210 g/mol. The summed E-state index contributed by atoms with van der Waals surface area (Å²) in [7, 11) is 0. The molecule has 0 amide bonds. The van der Waals surface area contributed by atoms with Crippen LogP contribution in [0.4, 0.5) is 0 Å². The monoisotopic (exact) mass is 235 g/mol. The highest BCUT2D eigenvalue weighted by molar-refractivity contribution is 5.85. The topological polar surface area (TPSA) is 50.4 Å². The van der Waals surface area contributed by atoms with Crippen LogP contribution >= 0.6 is 0 Å². The third kappa shape index (κ3) is 1.99. The molecule has 3 nitrogen and oxygen atoms in total. The summed E-state index contributed by atoms with van der Waals surface area (Å²) in [5.41, 5.74) is 2.91. The SMILES string of the molecule is CC(C)N=C(NN)C1C2CC3CC(C2)CC1C3. The van der Waals surface area contributed by atoms with Crippen molar-refractivity contribution in [1.82, 2.24) is 5.43 Å². The Bertz CT molecular complexity index is 293. The minimum atomic E-state index is 0.346. The standard InChI is InChI=1S/C14H25N3/c1-8(2)16-14(17-15)13-11-4-9-3-10(6-11)7-12(13)5-9/h8-13H,3-7,15H2,1-2H3,(H,16,17). The molecule has 0 saturated heterocycles. The fraction of sp³-hybridized carbons (Fsp3) is 0.929. The molecule has 96 valence electrons. The van der Waals surface area contributed by atoms with Crippen molar-refractivity contribution >= 4 is 5.84 Å². The van der Waals surface area contributed by atoms with Crippen molar-refractivity contribution in [3.05, 3.63) is 0 Å². The number of hydrogen-bond donors (Lipinski definition) is 2. The maximum absolute atomic E-state index is 5.72. The van der Waals surface area contributed by atoms with Crippen LogP contribution < -0.4 is 11.3 Å². The van der Waals surface area contributed by atoms with Gasteiger partial charge in [0, 0.05) is 12.0 Å². The second kappa shape index (κ2) is 4.27. The molecule has 0 radical (unpaired) electrons. The molecule has 0 unspecified atom stereocenters. The van der Waals surface area contributed by atoms with Crippen molar-refractivity contribution in [2.45, 2.75) is 52.0 Å². The van der Waals surface area contributed by atoms with Gasteiger partial charge in [-0.1, -0.05) is 0 Å². The van der Waals surface area contributed by atoms with Crippen LogP contribution in [-0.4, -0.2) is 11.9 Å². The normalized spacial score (nSPS) is 44.5. The van der Waals surface area contributed by atoms with Crippen molar-refractivity contribution in [2.24, 2.45) is 40.4 Å². The van der Waals surface area contributed by atoms with Crippen molar-refractivity contribution in [3.63, 3.8) is 0 Å². The minimum absolute atomic E-state index is 0.346. The zero-order valence-corrected chi connectivity index (χ0v) is 11.0. The van der Waals surface area contributed by atoms with E-state index < -0.39 is 0 Å². The second-order valence-electron chi connectivity index (χ2n) is 6.71. The van der Waals surface area contributed by atoms with Crippen LogP contribution in [0.1, 0.15) is 46.0 Å². The third-order valence-electron chi connectivity index (χ3n) is 5.09. The lowest BCUT2D eigenvalue weighted by molar-refractivity contribution is -0.00959. The van der Waals surface area contributed by atoms with Crippen LogP contribution in [-0.2, 0) is 0 Å². The highest BCUT2D eigenvalue weighted by atomic mass is 15.3. The van der Waals surface area contributed by atoms with E-state index in [0.717, 1.165) is 29.5 Å². The van der Waals surface area contributed by atoms with Gasteiger partial charge in [0.25, 0.3) is 0 Å². The van der Waals surface area contributed by atoms with E-state index in [1.54, 1.807) is 0 Å². The highest BCUT2D eigenvalue weighted by Crippen LogP contribution is 2.56. The smallest absolute Gasteiger partial charge is 0.114 e. The molecule has 0 aromatic heterocycles. The summed E-state index contributed by atoms with van der Waals surface area (Å²) in [6.07, 6.45) is 7.21. The number of nitrogens with one attached hydrogen (secondary N) is 1. The lowest BCUT2D eigenvalue weighted by Gasteiger charge is -2.54. The molecule has 4 saturated carbocycles. The first kappa shape index (κ1) is 11.5. The fourth-order valence-corrected chi connectivity index (χ4v) is 4.87. The Hall–Kier alpha value is -0.570. The van der Waals surface area contributed by atoms with Gasteiger partial charge >= 0.3 is 0 Å². The van der Waals surface area contributed by atoms with Crippen LogP contribution in [0.25, 0.3) is 0 Å². The average molecular weight is 235 g/mol. The molecule has 0 aromatic rings. The Balaban J connectivity index is 1.83. The predicted molar refractivity (Wildman–Crippen MR) is 70.4 cm³/mol. The number of hydrogen-bond acceptors (Lipinski definition) is 2. The minimum Gasteiger partial charge on any atom is -0.312 e. The third-order valence-corrected chi connectivity index (χ3v) is 5.09. The van der Waals surface area contributed by atoms with Gasteiger partial charge in [-0.15, -0.1) is 0 Å². The Morgan fingerprint density at radius 2 is 1.59 bits per heavy atom. The Labute approximate surface area is 104 Å². The van der Waals surface area contributed by atoms with Crippen LogP contribution in [0.5, 0.6) is 0 Å². The van der Waals surface area contributed by atoms with Gasteiger partial charge in [0.05, 0.1) is 0 Å². The Kier molecular flexibility index (Phi) is 2.89. The first-order valence-corrected chi connectivity index (χ1v) is 7.21. The molecule has 4 bridgehead atoms. The molecule has 0 aliphatic heterocycles. The van der Waals surface area contributed by atoms with Gasteiger partial charge in [-0.3, -0.25) is 4.99 Å². The summed E-state index contributed by atoms with van der Waals surface area (Å²) in [5.74, 6) is 11.2. The molecule has 4 aliphatic rings. The number of hydrazine groups is 1. The molecule has 17 heavy (non-hydrogen) atoms. The van der Waals surface area contributed by atoms with E-state index in [1.807, 2.05) is 0 Å². The summed E-state index contributed by atoms with van der Waals surface area (Å²) in [4.78, 5) is 4.72. The van der Waals surface area contributed by atoms with Gasteiger partial charge in [-0.25, -0.2) is 5.84 Å². The lowest BCUT2D eigenvalue weighted by Crippen LogP contribution is -2.52. The van der Waals surface area contributed by atoms with Crippen LogP contribution in [0.15, 0.2) is 4.99 Å². The maximum Gasteiger partial charge on any atom is 0.114 e. The van der Waals surface area contributed by atoms with Crippen molar-refractivity contribution < 1.29 is 0 Å². The summed E-state index contributed by atoms with van der Waals surface area (Å²) in [5, 5.41) is 0. The molecule has 4 fully saturated rings. The van der Waals surface area contributed by atoms with Gasteiger partial charge in [0.1, 0.15) is 5.84 Å². The van der Waals surface area contributed by atoms with E-state index >= 15 is 0 Å². The largest absolute Gasteiger partial charge is 0.312 e. The zero-order valence-electron chi connectivity index (χ0n) is 11.0. The van der Waals surface area contributed by atoms with E-state index in [-0.39, 0.29) is 0 Å². The molecule has 0 spiro atoms. The highest BCUT2D eigenvalue weighted by Gasteiger charge is 2.49. The van der Waals surface area contributed by atoms with E-state index in [9.17, 15) is 0 Å². The first-order chi connectivity index (χ1) is 8.17. The van der Waals surface area contributed by atoms with E-state index in [1.165, 1.54) is 32.1 Å². The van der Waals surface area contributed by atoms with Crippen LogP contribution in [0, 0.1) is 29.6 Å². The van der Waals surface area contributed by atoms with Gasteiger partial charge in [-0.2, -0.15) is 0 Å². The van der Waals surface area contributed by atoms with Gasteiger partial charge in [0.2, 0.25) is 0 Å². The van der Waals surface area contributed by atoms with Crippen LogP contribution in [0.3, 0.4) is 0 Å². The van der Waals surface area contributed by atoms with E-state index in [4.69, 9.17) is 10.8 Å².